The van der Waals surface area contributed by atoms with Gasteiger partial charge in [-0.05, 0) is 56.0 Å². The molecule has 0 atom stereocenters. The van der Waals surface area contributed by atoms with Crippen LogP contribution >= 0.6 is 0 Å². The maximum Gasteiger partial charge on any atom is 0.226 e. The summed E-state index contributed by atoms with van der Waals surface area (Å²) in [6.45, 7) is 0. The number of pyridine rings is 1. The van der Waals surface area contributed by atoms with Gasteiger partial charge in [0.05, 0.1) is 26.0 Å². The third-order valence-corrected chi connectivity index (χ3v) is 5.42. The Hall–Kier alpha value is -3.35. The minimum Gasteiger partial charge on any atom is -0.494 e. The SMILES string of the molecule is COc1ccc(-c2nc(CCC(=O)c3ncccc3OC)co2)cc1OC1CCCC1. The third kappa shape index (κ3) is 4.87. The van der Waals surface area contributed by atoms with Gasteiger partial charge in [0.1, 0.15) is 17.7 Å². The van der Waals surface area contributed by atoms with E-state index in [4.69, 9.17) is 18.6 Å². The zero-order chi connectivity index (χ0) is 21.6. The summed E-state index contributed by atoms with van der Waals surface area (Å²) in [6, 6.07) is 9.11. The molecule has 7 nitrogen and oxygen atoms in total. The first-order chi connectivity index (χ1) is 15.2. The van der Waals surface area contributed by atoms with Gasteiger partial charge in [0.15, 0.2) is 17.3 Å². The average molecular weight is 422 g/mol. The summed E-state index contributed by atoms with van der Waals surface area (Å²) in [4.78, 5) is 21.2. The molecule has 2 aromatic heterocycles. The molecule has 0 saturated heterocycles. The van der Waals surface area contributed by atoms with Crippen LogP contribution in [0.3, 0.4) is 0 Å². The van der Waals surface area contributed by atoms with Crippen LogP contribution in [0.5, 0.6) is 17.2 Å². The first-order valence-electron chi connectivity index (χ1n) is 10.5. The van der Waals surface area contributed by atoms with Crippen LogP contribution in [0.2, 0.25) is 0 Å². The van der Waals surface area contributed by atoms with E-state index in [1.54, 1.807) is 31.7 Å². The molecule has 2 heterocycles. The first-order valence-corrected chi connectivity index (χ1v) is 10.5. The van der Waals surface area contributed by atoms with E-state index in [0.717, 1.165) is 18.4 Å². The van der Waals surface area contributed by atoms with Crippen molar-refractivity contribution in [3.05, 3.63) is 54.2 Å². The minimum absolute atomic E-state index is 0.0984. The van der Waals surface area contributed by atoms with Gasteiger partial charge in [0.25, 0.3) is 0 Å². The maximum atomic E-state index is 12.5. The van der Waals surface area contributed by atoms with Crippen LogP contribution in [0, 0.1) is 0 Å². The molecule has 0 amide bonds. The molecule has 0 aliphatic heterocycles. The molecule has 1 aromatic carbocycles. The quantitative estimate of drug-likeness (QED) is 0.454. The van der Waals surface area contributed by atoms with Gasteiger partial charge in [-0.25, -0.2) is 9.97 Å². The number of aromatic nitrogens is 2. The first kappa shape index (κ1) is 20.9. The topological polar surface area (TPSA) is 83.7 Å². The molecule has 0 radical (unpaired) electrons. The molecule has 1 aliphatic carbocycles. The predicted octanol–water partition coefficient (Wildman–Crippen LogP) is 4.89. The fraction of sp³-hybridized carbons (Fsp3) is 0.375. The van der Waals surface area contributed by atoms with Gasteiger partial charge in [-0.2, -0.15) is 0 Å². The molecule has 0 unspecified atom stereocenters. The number of rotatable bonds is 9. The van der Waals surface area contributed by atoms with E-state index in [1.807, 2.05) is 18.2 Å². The summed E-state index contributed by atoms with van der Waals surface area (Å²) in [5.41, 5.74) is 1.84. The van der Waals surface area contributed by atoms with Crippen LogP contribution in [0.25, 0.3) is 11.5 Å². The summed E-state index contributed by atoms with van der Waals surface area (Å²) in [6.07, 6.45) is 8.61. The predicted molar refractivity (Wildman–Crippen MR) is 115 cm³/mol. The molecule has 0 bridgehead atoms. The Morgan fingerprint density at radius 3 is 2.68 bits per heavy atom. The number of Topliss-reactive ketones (excluding diaryl/α,β-unsaturated/α-hetero) is 1. The fourth-order valence-corrected chi connectivity index (χ4v) is 3.77. The van der Waals surface area contributed by atoms with Crippen molar-refractivity contribution in [1.29, 1.82) is 0 Å². The lowest BCUT2D eigenvalue weighted by molar-refractivity contribution is 0.0974. The van der Waals surface area contributed by atoms with Gasteiger partial charge in [0, 0.05) is 24.6 Å². The number of oxazole rings is 1. The summed E-state index contributed by atoms with van der Waals surface area (Å²) in [5, 5.41) is 0. The van der Waals surface area contributed by atoms with Crippen molar-refractivity contribution in [2.75, 3.05) is 14.2 Å². The molecule has 162 valence electrons. The molecular weight excluding hydrogens is 396 g/mol. The van der Waals surface area contributed by atoms with Gasteiger partial charge in [-0.1, -0.05) is 0 Å². The number of nitrogens with zero attached hydrogens (tertiary/aromatic N) is 2. The van der Waals surface area contributed by atoms with Gasteiger partial charge in [0.2, 0.25) is 5.89 Å². The van der Waals surface area contributed by atoms with Crippen LogP contribution in [0.1, 0.15) is 48.3 Å². The number of ketones is 1. The Kier molecular flexibility index (Phi) is 6.50. The van der Waals surface area contributed by atoms with E-state index in [0.29, 0.717) is 40.9 Å². The lowest BCUT2D eigenvalue weighted by Crippen LogP contribution is -2.11. The van der Waals surface area contributed by atoms with E-state index in [9.17, 15) is 4.79 Å². The van der Waals surface area contributed by atoms with Gasteiger partial charge in [-0.15, -0.1) is 0 Å². The Labute approximate surface area is 181 Å². The Morgan fingerprint density at radius 1 is 1.10 bits per heavy atom. The Bertz CT molecular complexity index is 1040. The monoisotopic (exact) mass is 422 g/mol. The van der Waals surface area contributed by atoms with Crippen LogP contribution in [0.4, 0.5) is 0 Å². The summed E-state index contributed by atoms with van der Waals surface area (Å²) in [5.74, 6) is 2.25. The molecule has 31 heavy (non-hydrogen) atoms. The molecule has 1 fully saturated rings. The highest BCUT2D eigenvalue weighted by molar-refractivity contribution is 5.96. The smallest absolute Gasteiger partial charge is 0.226 e. The lowest BCUT2D eigenvalue weighted by atomic mass is 10.1. The van der Waals surface area contributed by atoms with E-state index in [2.05, 4.69) is 9.97 Å². The number of carbonyl (C=O) groups is 1. The third-order valence-electron chi connectivity index (χ3n) is 5.42. The molecule has 7 heteroatoms. The fourth-order valence-electron chi connectivity index (χ4n) is 3.77. The van der Waals surface area contributed by atoms with Crippen LogP contribution in [-0.4, -0.2) is 36.1 Å². The second-order valence-electron chi connectivity index (χ2n) is 7.51. The van der Waals surface area contributed by atoms with Crippen molar-refractivity contribution in [3.8, 4) is 28.7 Å². The second-order valence-corrected chi connectivity index (χ2v) is 7.51. The number of methoxy groups -OCH3 is 2. The zero-order valence-electron chi connectivity index (χ0n) is 17.8. The Morgan fingerprint density at radius 2 is 1.90 bits per heavy atom. The lowest BCUT2D eigenvalue weighted by Gasteiger charge is -2.16. The summed E-state index contributed by atoms with van der Waals surface area (Å²) in [7, 11) is 3.16. The minimum atomic E-state index is -0.0984. The normalized spacial score (nSPS) is 13.9. The number of carbonyl (C=O) groups excluding carboxylic acids is 1. The summed E-state index contributed by atoms with van der Waals surface area (Å²) < 4.78 is 22.5. The van der Waals surface area contributed by atoms with E-state index in [1.165, 1.54) is 20.0 Å². The number of benzene rings is 1. The van der Waals surface area contributed by atoms with Gasteiger partial charge >= 0.3 is 0 Å². The molecule has 0 spiro atoms. The zero-order valence-corrected chi connectivity index (χ0v) is 17.8. The molecule has 3 aromatic rings. The van der Waals surface area contributed by atoms with E-state index in [-0.39, 0.29) is 18.3 Å². The molecular formula is C24H26N2O5. The highest BCUT2D eigenvalue weighted by Crippen LogP contribution is 2.35. The number of ether oxygens (including phenoxy) is 3. The highest BCUT2D eigenvalue weighted by atomic mass is 16.5. The van der Waals surface area contributed by atoms with Crippen LogP contribution in [-0.2, 0) is 6.42 Å². The van der Waals surface area contributed by atoms with Crippen molar-refractivity contribution in [2.45, 2.75) is 44.6 Å². The number of hydrogen-bond acceptors (Lipinski definition) is 7. The standard InChI is InChI=1S/C24H26N2O5/c1-28-20-12-9-16(14-22(20)31-18-6-3-4-7-18)24-26-17(15-30-24)10-11-19(27)23-21(29-2)8-5-13-25-23/h5,8-9,12-15,18H,3-4,6-7,10-11H2,1-2H3. The van der Waals surface area contributed by atoms with Crippen molar-refractivity contribution in [2.24, 2.45) is 0 Å². The number of aryl methyl sites for hydroxylation is 1. The van der Waals surface area contributed by atoms with Crippen molar-refractivity contribution >= 4 is 5.78 Å². The van der Waals surface area contributed by atoms with E-state index < -0.39 is 0 Å². The molecule has 0 N–H and O–H groups in total. The van der Waals surface area contributed by atoms with Gasteiger partial charge in [-0.3, -0.25) is 4.79 Å². The average Bonchev–Trinajstić information content (AvgIpc) is 3.49. The van der Waals surface area contributed by atoms with Crippen LogP contribution < -0.4 is 14.2 Å². The second kappa shape index (κ2) is 9.64. The maximum absolute atomic E-state index is 12.5. The largest absolute Gasteiger partial charge is 0.494 e. The van der Waals surface area contributed by atoms with Crippen molar-refractivity contribution in [3.63, 3.8) is 0 Å². The van der Waals surface area contributed by atoms with E-state index >= 15 is 0 Å². The molecule has 1 aliphatic rings. The molecule has 4 rings (SSSR count). The summed E-state index contributed by atoms with van der Waals surface area (Å²) >= 11 is 0. The Balaban J connectivity index is 1.45. The molecule has 1 saturated carbocycles. The van der Waals surface area contributed by atoms with Crippen LogP contribution in [0.15, 0.2) is 47.2 Å². The van der Waals surface area contributed by atoms with Crippen molar-refractivity contribution < 1.29 is 23.4 Å². The van der Waals surface area contributed by atoms with Crippen molar-refractivity contribution in [1.82, 2.24) is 9.97 Å². The highest BCUT2D eigenvalue weighted by Gasteiger charge is 2.20. The van der Waals surface area contributed by atoms with Gasteiger partial charge < -0.3 is 18.6 Å². The number of hydrogen-bond donors (Lipinski definition) is 0.